The zero-order valence-electron chi connectivity index (χ0n) is 12.4. The topological polar surface area (TPSA) is 44.9 Å². The molecule has 1 aliphatic rings. The van der Waals surface area contributed by atoms with E-state index in [0.29, 0.717) is 17.7 Å². The van der Waals surface area contributed by atoms with Crippen LogP contribution < -0.4 is 5.32 Å². The van der Waals surface area contributed by atoms with Gasteiger partial charge in [-0.25, -0.2) is 0 Å². The zero-order chi connectivity index (χ0) is 14.7. The maximum atomic E-state index is 12.3. The summed E-state index contributed by atoms with van der Waals surface area (Å²) in [6.45, 7) is 2.19. The highest BCUT2D eigenvalue weighted by atomic mass is 32.2. The summed E-state index contributed by atoms with van der Waals surface area (Å²) >= 11 is 1.98. The third-order valence-electron chi connectivity index (χ3n) is 4.21. The molecule has 3 rings (SSSR count). The van der Waals surface area contributed by atoms with E-state index in [1.54, 1.807) is 0 Å². The van der Waals surface area contributed by atoms with Crippen LogP contribution in [0, 0.1) is 0 Å². The van der Waals surface area contributed by atoms with E-state index in [0.717, 1.165) is 28.6 Å². The Kier molecular flexibility index (Phi) is 4.54. The lowest BCUT2D eigenvalue weighted by atomic mass is 10.1. The summed E-state index contributed by atoms with van der Waals surface area (Å²) in [5.41, 5.74) is 2.18. The number of carbonyl (C=O) groups is 1. The van der Waals surface area contributed by atoms with Crippen LogP contribution in [0.4, 0.5) is 0 Å². The third-order valence-corrected chi connectivity index (χ3v) is 5.53. The maximum Gasteiger partial charge on any atom is 0.224 e. The van der Waals surface area contributed by atoms with Gasteiger partial charge in [-0.3, -0.25) is 4.79 Å². The second-order valence-corrected chi connectivity index (χ2v) is 7.15. The fourth-order valence-corrected chi connectivity index (χ4v) is 4.41. The van der Waals surface area contributed by atoms with Crippen molar-refractivity contribution in [2.75, 3.05) is 5.75 Å². The molecule has 1 fully saturated rings. The van der Waals surface area contributed by atoms with E-state index in [1.165, 1.54) is 12.8 Å². The van der Waals surface area contributed by atoms with Crippen molar-refractivity contribution in [2.24, 2.45) is 0 Å². The van der Waals surface area contributed by atoms with E-state index in [1.807, 2.05) is 36.2 Å². The van der Waals surface area contributed by atoms with Crippen LogP contribution in [0.25, 0.3) is 10.9 Å². The number of thioether (sulfide) groups is 1. The van der Waals surface area contributed by atoms with Crippen molar-refractivity contribution in [1.82, 2.24) is 10.3 Å². The van der Waals surface area contributed by atoms with Crippen LogP contribution in [0.15, 0.2) is 30.5 Å². The average Bonchev–Trinajstić information content (AvgIpc) is 3.08. The van der Waals surface area contributed by atoms with Crippen molar-refractivity contribution >= 4 is 28.6 Å². The standard InChI is InChI=1S/C17H22N2OS/c1-2-21-16-9-5-8-15(16)19-17(20)10-12-11-18-14-7-4-3-6-13(12)14/h3-4,6-7,11,15-16,18H,2,5,8-10H2,1H3,(H,19,20). The van der Waals surface area contributed by atoms with Crippen molar-refractivity contribution < 1.29 is 4.79 Å². The van der Waals surface area contributed by atoms with Gasteiger partial charge in [-0.2, -0.15) is 11.8 Å². The summed E-state index contributed by atoms with van der Waals surface area (Å²) in [4.78, 5) is 15.6. The molecule has 2 aromatic rings. The van der Waals surface area contributed by atoms with Gasteiger partial charge in [-0.05, 0) is 30.2 Å². The van der Waals surface area contributed by atoms with E-state index in [4.69, 9.17) is 0 Å². The van der Waals surface area contributed by atoms with Crippen molar-refractivity contribution in [3.63, 3.8) is 0 Å². The molecular formula is C17H22N2OS. The highest BCUT2D eigenvalue weighted by Crippen LogP contribution is 2.30. The van der Waals surface area contributed by atoms with Crippen molar-refractivity contribution in [3.05, 3.63) is 36.0 Å². The number of aromatic nitrogens is 1. The number of para-hydroxylation sites is 1. The molecule has 0 radical (unpaired) electrons. The Morgan fingerprint density at radius 2 is 2.24 bits per heavy atom. The lowest BCUT2D eigenvalue weighted by Crippen LogP contribution is -2.39. The minimum Gasteiger partial charge on any atom is -0.361 e. The van der Waals surface area contributed by atoms with E-state index in [2.05, 4.69) is 23.3 Å². The molecule has 0 spiro atoms. The lowest BCUT2D eigenvalue weighted by Gasteiger charge is -2.20. The van der Waals surface area contributed by atoms with Gasteiger partial charge in [0.15, 0.2) is 0 Å². The summed E-state index contributed by atoms with van der Waals surface area (Å²) in [6, 6.07) is 8.49. The molecule has 1 aliphatic carbocycles. The highest BCUT2D eigenvalue weighted by molar-refractivity contribution is 7.99. The van der Waals surface area contributed by atoms with Gasteiger partial charge in [0.05, 0.1) is 6.42 Å². The second-order valence-electron chi connectivity index (χ2n) is 5.63. The third kappa shape index (κ3) is 3.26. The number of nitrogens with one attached hydrogen (secondary N) is 2. The number of benzene rings is 1. The van der Waals surface area contributed by atoms with E-state index >= 15 is 0 Å². The Hall–Kier alpha value is -1.42. The highest BCUT2D eigenvalue weighted by Gasteiger charge is 2.28. The van der Waals surface area contributed by atoms with Crippen molar-refractivity contribution in [2.45, 2.75) is 43.9 Å². The Bertz CT molecular complexity index is 622. The van der Waals surface area contributed by atoms with Gasteiger partial charge in [0.1, 0.15) is 0 Å². The number of hydrogen-bond acceptors (Lipinski definition) is 2. The summed E-state index contributed by atoms with van der Waals surface area (Å²) in [6.07, 6.45) is 6.00. The fraction of sp³-hybridized carbons (Fsp3) is 0.471. The fourth-order valence-electron chi connectivity index (χ4n) is 3.21. The molecule has 1 aromatic carbocycles. The minimum absolute atomic E-state index is 0.147. The number of rotatable bonds is 5. The Morgan fingerprint density at radius 3 is 3.10 bits per heavy atom. The Morgan fingerprint density at radius 1 is 1.38 bits per heavy atom. The molecule has 112 valence electrons. The number of hydrogen-bond donors (Lipinski definition) is 2. The first-order chi connectivity index (χ1) is 10.3. The number of H-pyrrole nitrogens is 1. The molecule has 1 heterocycles. The SMILES string of the molecule is CCSC1CCCC1NC(=O)Cc1c[nH]c2ccccc12. The first-order valence-corrected chi connectivity index (χ1v) is 8.78. The van der Waals surface area contributed by atoms with Crippen LogP contribution in [-0.4, -0.2) is 27.9 Å². The second kappa shape index (κ2) is 6.56. The largest absolute Gasteiger partial charge is 0.361 e. The molecule has 0 aliphatic heterocycles. The van der Waals surface area contributed by atoms with Gasteiger partial charge in [0.2, 0.25) is 5.91 Å². The van der Waals surface area contributed by atoms with Crippen LogP contribution in [0.2, 0.25) is 0 Å². The Balaban J connectivity index is 1.64. The zero-order valence-corrected chi connectivity index (χ0v) is 13.2. The van der Waals surface area contributed by atoms with Gasteiger partial charge in [-0.15, -0.1) is 0 Å². The van der Waals surface area contributed by atoms with Crippen LogP contribution in [0.5, 0.6) is 0 Å². The molecular weight excluding hydrogens is 280 g/mol. The summed E-state index contributed by atoms with van der Waals surface area (Å²) < 4.78 is 0. The van der Waals surface area contributed by atoms with Crippen molar-refractivity contribution in [3.8, 4) is 0 Å². The quantitative estimate of drug-likeness (QED) is 0.888. The minimum atomic E-state index is 0.147. The molecule has 0 bridgehead atoms. The first kappa shape index (κ1) is 14.5. The number of aromatic amines is 1. The number of amides is 1. The Labute approximate surface area is 129 Å². The van der Waals surface area contributed by atoms with E-state index < -0.39 is 0 Å². The van der Waals surface area contributed by atoms with Crippen LogP contribution in [-0.2, 0) is 11.2 Å². The molecule has 4 heteroatoms. The van der Waals surface area contributed by atoms with Gasteiger partial charge >= 0.3 is 0 Å². The van der Waals surface area contributed by atoms with Crippen molar-refractivity contribution in [1.29, 1.82) is 0 Å². The molecule has 1 amide bonds. The van der Waals surface area contributed by atoms with Gasteiger partial charge in [0, 0.05) is 28.4 Å². The average molecular weight is 302 g/mol. The number of carbonyl (C=O) groups excluding carboxylic acids is 1. The summed E-state index contributed by atoms with van der Waals surface area (Å²) in [5.74, 6) is 1.27. The molecule has 21 heavy (non-hydrogen) atoms. The predicted molar refractivity (Wildman–Crippen MR) is 89.7 cm³/mol. The lowest BCUT2D eigenvalue weighted by molar-refractivity contribution is -0.121. The molecule has 2 N–H and O–H groups in total. The van der Waals surface area contributed by atoms with Gasteiger partial charge in [0.25, 0.3) is 0 Å². The maximum absolute atomic E-state index is 12.3. The first-order valence-electron chi connectivity index (χ1n) is 7.74. The molecule has 3 nitrogen and oxygen atoms in total. The van der Waals surface area contributed by atoms with E-state index in [9.17, 15) is 4.79 Å². The van der Waals surface area contributed by atoms with Crippen LogP contribution in [0.1, 0.15) is 31.7 Å². The summed E-state index contributed by atoms with van der Waals surface area (Å²) in [7, 11) is 0. The smallest absolute Gasteiger partial charge is 0.224 e. The molecule has 1 saturated carbocycles. The molecule has 2 unspecified atom stereocenters. The number of fused-ring (bicyclic) bond motifs is 1. The molecule has 2 atom stereocenters. The van der Waals surface area contributed by atoms with Gasteiger partial charge in [-0.1, -0.05) is 31.5 Å². The normalized spacial score (nSPS) is 21.8. The van der Waals surface area contributed by atoms with E-state index in [-0.39, 0.29) is 5.91 Å². The van der Waals surface area contributed by atoms with Gasteiger partial charge < -0.3 is 10.3 Å². The molecule has 0 saturated heterocycles. The summed E-state index contributed by atoms with van der Waals surface area (Å²) in [5, 5.41) is 4.99. The molecule has 1 aromatic heterocycles. The predicted octanol–water partition coefficient (Wildman–Crippen LogP) is 3.50. The van der Waals surface area contributed by atoms with Crippen LogP contribution >= 0.6 is 11.8 Å². The monoisotopic (exact) mass is 302 g/mol. The van der Waals surface area contributed by atoms with Crippen LogP contribution in [0.3, 0.4) is 0 Å².